The maximum absolute atomic E-state index is 12.9. The maximum Gasteiger partial charge on any atom is 0.334 e. The van der Waals surface area contributed by atoms with Crippen molar-refractivity contribution >= 4 is 11.9 Å². The first kappa shape index (κ1) is 17.4. The van der Waals surface area contributed by atoms with E-state index >= 15 is 0 Å². The SMILES string of the molecule is COC(CNC(=O)C1(c2ccccc2C)CCOCC1)C(=O)O. The van der Waals surface area contributed by atoms with E-state index in [1.165, 1.54) is 7.11 Å². The molecule has 1 aliphatic rings. The van der Waals surface area contributed by atoms with Crippen molar-refractivity contribution in [1.29, 1.82) is 0 Å². The highest BCUT2D eigenvalue weighted by molar-refractivity contribution is 5.89. The van der Waals surface area contributed by atoms with Crippen LogP contribution in [0.1, 0.15) is 24.0 Å². The molecule has 6 nitrogen and oxygen atoms in total. The zero-order chi connectivity index (χ0) is 16.9. The third-order valence-corrected chi connectivity index (χ3v) is 4.45. The summed E-state index contributed by atoms with van der Waals surface area (Å²) >= 11 is 0. The van der Waals surface area contributed by atoms with Crippen LogP contribution >= 0.6 is 0 Å². The van der Waals surface area contributed by atoms with E-state index in [1.54, 1.807) is 0 Å². The van der Waals surface area contributed by atoms with Gasteiger partial charge in [0.1, 0.15) is 0 Å². The standard InChI is InChI=1S/C17H23NO5/c1-12-5-3-4-6-13(12)17(7-9-23-10-8-17)16(21)18-11-14(22-2)15(19)20/h3-6,14H,7-11H2,1-2H3,(H,18,21)(H,19,20). The fourth-order valence-electron chi connectivity index (χ4n) is 3.07. The van der Waals surface area contributed by atoms with Crippen LogP contribution in [0.2, 0.25) is 0 Å². The van der Waals surface area contributed by atoms with E-state index in [9.17, 15) is 9.59 Å². The van der Waals surface area contributed by atoms with Crippen LogP contribution in [-0.4, -0.2) is 50.0 Å². The van der Waals surface area contributed by atoms with E-state index in [0.717, 1.165) is 11.1 Å². The van der Waals surface area contributed by atoms with Crippen LogP contribution in [0.4, 0.5) is 0 Å². The van der Waals surface area contributed by atoms with Crippen LogP contribution in [0.5, 0.6) is 0 Å². The molecule has 1 aliphatic heterocycles. The number of carboxylic acid groups (broad SMARTS) is 1. The Morgan fingerprint density at radius 1 is 1.35 bits per heavy atom. The van der Waals surface area contributed by atoms with E-state index in [4.69, 9.17) is 14.6 Å². The molecule has 1 heterocycles. The predicted octanol–water partition coefficient (Wildman–Crippen LogP) is 1.26. The van der Waals surface area contributed by atoms with Gasteiger partial charge in [-0.1, -0.05) is 24.3 Å². The minimum atomic E-state index is -1.09. The van der Waals surface area contributed by atoms with Gasteiger partial charge in [-0.05, 0) is 30.9 Å². The molecule has 23 heavy (non-hydrogen) atoms. The molecule has 2 rings (SSSR count). The molecule has 1 fully saturated rings. The second-order valence-corrected chi connectivity index (χ2v) is 5.78. The molecular weight excluding hydrogens is 298 g/mol. The Morgan fingerprint density at radius 3 is 2.57 bits per heavy atom. The number of ether oxygens (including phenoxy) is 2. The van der Waals surface area contributed by atoms with Gasteiger partial charge in [-0.3, -0.25) is 4.79 Å². The number of hydrogen-bond acceptors (Lipinski definition) is 4. The molecule has 0 aromatic heterocycles. The Hall–Kier alpha value is -1.92. The number of carbonyl (C=O) groups is 2. The molecule has 1 aromatic rings. The van der Waals surface area contributed by atoms with Crippen LogP contribution in [0, 0.1) is 6.92 Å². The average molecular weight is 321 g/mol. The molecule has 126 valence electrons. The number of aryl methyl sites for hydroxylation is 1. The van der Waals surface area contributed by atoms with E-state index < -0.39 is 17.5 Å². The predicted molar refractivity (Wildman–Crippen MR) is 84.4 cm³/mol. The largest absolute Gasteiger partial charge is 0.479 e. The lowest BCUT2D eigenvalue weighted by atomic mass is 9.71. The summed E-state index contributed by atoms with van der Waals surface area (Å²) in [6, 6.07) is 7.80. The molecule has 1 unspecified atom stereocenters. The zero-order valence-electron chi connectivity index (χ0n) is 13.5. The van der Waals surface area contributed by atoms with E-state index in [-0.39, 0.29) is 12.5 Å². The van der Waals surface area contributed by atoms with Crippen molar-refractivity contribution < 1.29 is 24.2 Å². The first-order valence-electron chi connectivity index (χ1n) is 7.69. The van der Waals surface area contributed by atoms with Gasteiger partial charge in [-0.2, -0.15) is 0 Å². The molecule has 1 saturated heterocycles. The van der Waals surface area contributed by atoms with E-state index in [1.807, 2.05) is 31.2 Å². The molecule has 2 N–H and O–H groups in total. The van der Waals surface area contributed by atoms with Crippen molar-refractivity contribution in [3.8, 4) is 0 Å². The quantitative estimate of drug-likeness (QED) is 0.824. The van der Waals surface area contributed by atoms with E-state index in [2.05, 4.69) is 5.32 Å². The Balaban J connectivity index is 2.23. The molecule has 6 heteroatoms. The molecule has 0 bridgehead atoms. The smallest absolute Gasteiger partial charge is 0.334 e. The van der Waals surface area contributed by atoms with Gasteiger partial charge >= 0.3 is 5.97 Å². The van der Waals surface area contributed by atoms with Gasteiger partial charge in [0.25, 0.3) is 0 Å². The number of benzene rings is 1. The fraction of sp³-hybridized carbons (Fsp3) is 0.529. The monoisotopic (exact) mass is 321 g/mol. The van der Waals surface area contributed by atoms with Crippen LogP contribution in [0.3, 0.4) is 0 Å². The fourth-order valence-corrected chi connectivity index (χ4v) is 3.07. The van der Waals surface area contributed by atoms with Gasteiger partial charge < -0.3 is 19.9 Å². The molecular formula is C17H23NO5. The molecule has 1 amide bonds. The Morgan fingerprint density at radius 2 is 2.00 bits per heavy atom. The second kappa shape index (κ2) is 7.57. The first-order valence-corrected chi connectivity index (χ1v) is 7.69. The lowest BCUT2D eigenvalue weighted by molar-refractivity contribution is -0.148. The van der Waals surface area contributed by atoms with Crippen LogP contribution in [-0.2, 0) is 24.5 Å². The number of nitrogens with one attached hydrogen (secondary N) is 1. The number of aliphatic carboxylic acids is 1. The van der Waals surface area contributed by atoms with Gasteiger partial charge in [0.15, 0.2) is 6.10 Å². The van der Waals surface area contributed by atoms with Crippen LogP contribution in [0.25, 0.3) is 0 Å². The highest BCUT2D eigenvalue weighted by Crippen LogP contribution is 2.36. The number of amides is 1. The number of hydrogen-bond donors (Lipinski definition) is 2. The average Bonchev–Trinajstić information content (AvgIpc) is 2.56. The third kappa shape index (κ3) is 3.71. The maximum atomic E-state index is 12.9. The Kier molecular flexibility index (Phi) is 5.74. The Labute approximate surface area is 135 Å². The highest BCUT2D eigenvalue weighted by atomic mass is 16.5. The van der Waals surface area contributed by atoms with Crippen molar-refractivity contribution in [2.24, 2.45) is 0 Å². The minimum absolute atomic E-state index is 0.0564. The zero-order valence-corrected chi connectivity index (χ0v) is 13.5. The van der Waals surface area contributed by atoms with Crippen molar-refractivity contribution in [1.82, 2.24) is 5.32 Å². The van der Waals surface area contributed by atoms with Crippen LogP contribution < -0.4 is 5.32 Å². The normalized spacial score (nSPS) is 18.2. The summed E-state index contributed by atoms with van der Waals surface area (Å²) in [5.74, 6) is -1.26. The van der Waals surface area contributed by atoms with Gasteiger partial charge in [0.2, 0.25) is 5.91 Å². The summed E-state index contributed by atoms with van der Waals surface area (Å²) in [6.45, 7) is 2.94. The molecule has 0 aliphatic carbocycles. The lowest BCUT2D eigenvalue weighted by Gasteiger charge is -2.37. The van der Waals surface area contributed by atoms with Crippen LogP contribution in [0.15, 0.2) is 24.3 Å². The minimum Gasteiger partial charge on any atom is -0.479 e. The number of methoxy groups -OCH3 is 1. The summed E-state index contributed by atoms with van der Waals surface area (Å²) in [6.07, 6.45) is 0.107. The molecule has 0 radical (unpaired) electrons. The first-order chi connectivity index (χ1) is 11.0. The summed E-state index contributed by atoms with van der Waals surface area (Å²) < 4.78 is 10.3. The number of carbonyl (C=O) groups excluding carboxylic acids is 1. The topological polar surface area (TPSA) is 84.9 Å². The third-order valence-electron chi connectivity index (χ3n) is 4.45. The number of rotatable bonds is 6. The van der Waals surface area contributed by atoms with E-state index in [0.29, 0.717) is 26.1 Å². The highest BCUT2D eigenvalue weighted by Gasteiger charge is 2.42. The van der Waals surface area contributed by atoms with Gasteiger partial charge in [0, 0.05) is 20.3 Å². The van der Waals surface area contributed by atoms with Gasteiger partial charge in [-0.25, -0.2) is 4.79 Å². The van der Waals surface area contributed by atoms with Crippen molar-refractivity contribution in [2.75, 3.05) is 26.9 Å². The van der Waals surface area contributed by atoms with Crippen molar-refractivity contribution in [3.05, 3.63) is 35.4 Å². The lowest BCUT2D eigenvalue weighted by Crippen LogP contribution is -2.50. The number of carboxylic acids is 1. The summed E-state index contributed by atoms with van der Waals surface area (Å²) in [5, 5.41) is 11.8. The molecule has 1 atom stereocenters. The van der Waals surface area contributed by atoms with Crippen molar-refractivity contribution in [3.63, 3.8) is 0 Å². The summed E-state index contributed by atoms with van der Waals surface area (Å²) in [4.78, 5) is 23.9. The molecule has 0 saturated carbocycles. The summed E-state index contributed by atoms with van der Waals surface area (Å²) in [5.41, 5.74) is 1.34. The second-order valence-electron chi connectivity index (χ2n) is 5.78. The molecule has 1 aromatic carbocycles. The van der Waals surface area contributed by atoms with Gasteiger partial charge in [-0.15, -0.1) is 0 Å². The van der Waals surface area contributed by atoms with Gasteiger partial charge in [0.05, 0.1) is 12.0 Å². The summed E-state index contributed by atoms with van der Waals surface area (Å²) in [7, 11) is 1.32. The van der Waals surface area contributed by atoms with Crippen molar-refractivity contribution in [2.45, 2.75) is 31.3 Å². The Bertz CT molecular complexity index is 566. The molecule has 0 spiro atoms.